The molecule has 1 aromatic heterocycles. The quantitative estimate of drug-likeness (QED) is 0.200. The molecular weight excluding hydrogens is 522 g/mol. The fourth-order valence-corrected chi connectivity index (χ4v) is 4.92. The van der Waals surface area contributed by atoms with E-state index in [1.807, 2.05) is 18.2 Å². The third-order valence-electron chi connectivity index (χ3n) is 6.10. The molecule has 4 aromatic rings. The zero-order chi connectivity index (χ0) is 26.9. The van der Waals surface area contributed by atoms with E-state index in [0.717, 1.165) is 35.0 Å². The lowest BCUT2D eigenvalue weighted by atomic mass is 9.82. The molecule has 0 saturated heterocycles. The Bertz CT molecular complexity index is 1480. The number of rotatable bonds is 6. The zero-order valence-electron chi connectivity index (χ0n) is 19.5. The number of nitrogens with zero attached hydrogens (tertiary/aromatic N) is 2. The Labute approximate surface area is 218 Å². The smallest absolute Gasteiger partial charge is 0.416 e. The van der Waals surface area contributed by atoms with Crippen LogP contribution in [0.15, 0.2) is 78.0 Å². The number of hydrogen-bond acceptors (Lipinski definition) is 6. The first kappa shape index (κ1) is 25.5. The van der Waals surface area contributed by atoms with E-state index in [-0.39, 0.29) is 17.4 Å². The number of ether oxygens (including phenoxy) is 1. The highest BCUT2D eigenvalue weighted by Crippen LogP contribution is 2.44. The molecule has 38 heavy (non-hydrogen) atoms. The monoisotopic (exact) mass is 541 g/mol. The highest BCUT2D eigenvalue weighted by Gasteiger charge is 2.33. The molecule has 6 nitrogen and oxygen atoms in total. The number of aromatic carboxylic acids is 1. The van der Waals surface area contributed by atoms with E-state index in [9.17, 15) is 27.5 Å². The molecule has 0 bridgehead atoms. The number of alkyl halides is 3. The molecule has 1 aliphatic heterocycles. The summed E-state index contributed by atoms with van der Waals surface area (Å²) in [5, 5.41) is 9.21. The molecule has 0 spiro atoms. The molecule has 0 aliphatic carbocycles. The lowest BCUT2D eigenvalue weighted by molar-refractivity contribution is -0.137. The molecule has 0 saturated carbocycles. The van der Waals surface area contributed by atoms with Gasteiger partial charge in [-0.15, -0.1) is 0 Å². The van der Waals surface area contributed by atoms with Gasteiger partial charge in [0.05, 0.1) is 30.1 Å². The van der Waals surface area contributed by atoms with E-state index in [0.29, 0.717) is 35.5 Å². The molecule has 1 aliphatic rings. The number of hydrogen-bond donors (Lipinski definition) is 2. The average molecular weight is 542 g/mol. The molecule has 0 fully saturated rings. The molecule has 3 aromatic carbocycles. The first-order valence-electron chi connectivity index (χ1n) is 11.4. The minimum atomic E-state index is -4.53. The first-order valence-corrected chi connectivity index (χ1v) is 12.2. The van der Waals surface area contributed by atoms with Crippen LogP contribution < -0.4 is 9.46 Å². The van der Waals surface area contributed by atoms with E-state index >= 15 is 0 Å². The summed E-state index contributed by atoms with van der Waals surface area (Å²) < 4.78 is 62.6. The third-order valence-corrected chi connectivity index (χ3v) is 6.88. The third kappa shape index (κ3) is 5.42. The number of nitrogens with one attached hydrogen (secondary N) is 1. The number of fused-ring (bicyclic) bond motifs is 1. The van der Waals surface area contributed by atoms with E-state index in [2.05, 4.69) is 14.7 Å². The maximum Gasteiger partial charge on any atom is 0.416 e. The maximum absolute atomic E-state index is 13.6. The van der Waals surface area contributed by atoms with Crippen LogP contribution in [0.3, 0.4) is 0 Å². The van der Waals surface area contributed by atoms with Gasteiger partial charge >= 0.3 is 12.1 Å². The zero-order valence-corrected chi connectivity index (χ0v) is 20.3. The van der Waals surface area contributed by atoms with Crippen LogP contribution in [0.2, 0.25) is 0 Å². The Hall–Kier alpha value is -4.12. The molecule has 2 heterocycles. The van der Waals surface area contributed by atoms with Crippen molar-refractivity contribution in [1.82, 2.24) is 9.97 Å². The van der Waals surface area contributed by atoms with Crippen LogP contribution >= 0.6 is 11.9 Å². The lowest BCUT2D eigenvalue weighted by Gasteiger charge is -2.29. The highest BCUT2D eigenvalue weighted by molar-refractivity contribution is 8.00. The maximum atomic E-state index is 13.6. The Kier molecular flexibility index (Phi) is 6.94. The van der Waals surface area contributed by atoms with Crippen molar-refractivity contribution in [2.24, 2.45) is 0 Å². The van der Waals surface area contributed by atoms with Crippen molar-refractivity contribution in [2.45, 2.75) is 23.4 Å². The van der Waals surface area contributed by atoms with Crippen LogP contribution in [0, 0.1) is 5.82 Å². The first-order chi connectivity index (χ1) is 18.2. The molecule has 0 unspecified atom stereocenters. The summed E-state index contributed by atoms with van der Waals surface area (Å²) in [5.74, 6) is -1.08. The fraction of sp³-hybridized carbons (Fsp3) is 0.148. The summed E-state index contributed by atoms with van der Waals surface area (Å²) in [7, 11) is 0. The Morgan fingerprint density at radius 2 is 1.71 bits per heavy atom. The van der Waals surface area contributed by atoms with Gasteiger partial charge in [-0.25, -0.2) is 19.2 Å². The fourth-order valence-electron chi connectivity index (χ4n) is 4.30. The van der Waals surface area contributed by atoms with Gasteiger partial charge in [0.2, 0.25) is 5.95 Å². The van der Waals surface area contributed by atoms with Crippen molar-refractivity contribution in [3.05, 3.63) is 101 Å². The summed E-state index contributed by atoms with van der Waals surface area (Å²) in [6, 6.07) is 15.0. The van der Waals surface area contributed by atoms with E-state index < -0.39 is 23.5 Å². The minimum absolute atomic E-state index is 0.0448. The van der Waals surface area contributed by atoms with E-state index in [4.69, 9.17) is 4.74 Å². The van der Waals surface area contributed by atoms with Gasteiger partial charge in [0.1, 0.15) is 5.75 Å². The second-order valence-corrected chi connectivity index (χ2v) is 9.38. The van der Waals surface area contributed by atoms with Crippen LogP contribution in [-0.4, -0.2) is 27.7 Å². The van der Waals surface area contributed by atoms with Crippen molar-refractivity contribution in [2.75, 3.05) is 11.3 Å². The van der Waals surface area contributed by atoms with Crippen LogP contribution in [0.5, 0.6) is 5.75 Å². The topological polar surface area (TPSA) is 84.3 Å². The van der Waals surface area contributed by atoms with E-state index in [1.165, 1.54) is 42.3 Å². The Morgan fingerprint density at radius 3 is 2.39 bits per heavy atom. The number of halogens is 4. The molecule has 1 atom stereocenters. The summed E-state index contributed by atoms with van der Waals surface area (Å²) >= 11 is 1.21. The van der Waals surface area contributed by atoms with Crippen LogP contribution in [0.25, 0.3) is 11.1 Å². The summed E-state index contributed by atoms with van der Waals surface area (Å²) in [4.78, 5) is 19.7. The summed E-state index contributed by atoms with van der Waals surface area (Å²) in [5.41, 5.74) is 1.63. The number of aromatic nitrogens is 2. The number of benzene rings is 3. The molecule has 194 valence electrons. The second kappa shape index (κ2) is 10.3. The summed E-state index contributed by atoms with van der Waals surface area (Å²) in [6.07, 6.45) is -1.89. The SMILES string of the molecule is O=C(O)c1ccc(-c2cc(C(F)(F)F)ccc2[C@H]2CCOc3cc(SNc4ncc(F)cn4)ccc32)cc1. The predicted molar refractivity (Wildman–Crippen MR) is 134 cm³/mol. The van der Waals surface area contributed by atoms with Gasteiger partial charge in [0.15, 0.2) is 5.82 Å². The van der Waals surface area contributed by atoms with Gasteiger partial charge in [-0.3, -0.25) is 4.72 Å². The van der Waals surface area contributed by atoms with Crippen molar-refractivity contribution >= 4 is 23.9 Å². The molecule has 5 rings (SSSR count). The normalized spacial score (nSPS) is 14.9. The molecule has 0 radical (unpaired) electrons. The number of anilines is 1. The van der Waals surface area contributed by atoms with Crippen LogP contribution in [0.1, 0.15) is 39.4 Å². The van der Waals surface area contributed by atoms with Crippen molar-refractivity contribution in [1.29, 1.82) is 0 Å². The molecular formula is C27H19F4N3O3S. The molecule has 0 amide bonds. The lowest BCUT2D eigenvalue weighted by Crippen LogP contribution is -2.16. The van der Waals surface area contributed by atoms with Crippen LogP contribution in [-0.2, 0) is 6.18 Å². The van der Waals surface area contributed by atoms with Gasteiger partial charge in [-0.2, -0.15) is 13.2 Å². The van der Waals surface area contributed by atoms with Crippen LogP contribution in [0.4, 0.5) is 23.5 Å². The van der Waals surface area contributed by atoms with Crippen molar-refractivity contribution in [3.8, 4) is 16.9 Å². The summed E-state index contributed by atoms with van der Waals surface area (Å²) in [6.45, 7) is 0.360. The molecule has 11 heteroatoms. The van der Waals surface area contributed by atoms with Crippen molar-refractivity contribution in [3.63, 3.8) is 0 Å². The Balaban J connectivity index is 1.49. The van der Waals surface area contributed by atoms with Gasteiger partial charge in [0, 0.05) is 16.4 Å². The van der Waals surface area contributed by atoms with Gasteiger partial charge in [0.25, 0.3) is 0 Å². The van der Waals surface area contributed by atoms with E-state index in [1.54, 1.807) is 0 Å². The van der Waals surface area contributed by atoms with Gasteiger partial charge < -0.3 is 9.84 Å². The van der Waals surface area contributed by atoms with Gasteiger partial charge in [-0.1, -0.05) is 24.3 Å². The highest BCUT2D eigenvalue weighted by atomic mass is 32.2. The minimum Gasteiger partial charge on any atom is -0.493 e. The number of carbonyl (C=O) groups is 1. The number of carboxylic acid groups (broad SMARTS) is 1. The van der Waals surface area contributed by atoms with Gasteiger partial charge in [-0.05, 0) is 71.5 Å². The largest absolute Gasteiger partial charge is 0.493 e. The standard InChI is InChI=1S/C27H19F4N3O3S/c28-18-13-32-26(33-14-18)34-38-19-6-8-22-21(9-10-37-24(22)12-19)20-7-5-17(27(29,30)31)11-23(20)15-1-3-16(4-2-15)25(35)36/h1-8,11-14,21H,9-10H2,(H,35,36)(H,32,33,34)/t21-/m1/s1. The average Bonchev–Trinajstić information content (AvgIpc) is 2.91. The predicted octanol–water partition coefficient (Wildman–Crippen LogP) is 7.03. The van der Waals surface area contributed by atoms with Crippen molar-refractivity contribution < 1.29 is 32.2 Å². The second-order valence-electron chi connectivity index (χ2n) is 8.50. The number of carboxylic acids is 1. The Morgan fingerprint density at radius 1 is 1.00 bits per heavy atom. The molecule has 2 N–H and O–H groups in total.